The molecule has 54 valence electrons. The summed E-state index contributed by atoms with van der Waals surface area (Å²) in [6.07, 6.45) is 0.828. The van der Waals surface area contributed by atoms with Crippen molar-refractivity contribution in [1.29, 1.82) is 0 Å². The van der Waals surface area contributed by atoms with Crippen LogP contribution in [0, 0.1) is 0 Å². The Morgan fingerprint density at radius 3 is 2.44 bits per heavy atom. The average Bonchev–Trinajstić information content (AvgIpc) is 1.82. The highest BCUT2D eigenvalue weighted by Gasteiger charge is 2.04. The third-order valence-electron chi connectivity index (χ3n) is 0.992. The maximum absolute atomic E-state index is 10.3. The second-order valence-electron chi connectivity index (χ2n) is 1.82. The molecule has 0 aromatic heterocycles. The highest BCUT2D eigenvalue weighted by molar-refractivity contribution is 7.80. The standard InChI is InChI=1S/C6H12O2S/c1-3-6(4-9)8-5(2)7/h6,9H,3-4H2,1-2H3. The van der Waals surface area contributed by atoms with Crippen LogP contribution in [0.5, 0.6) is 0 Å². The molecule has 0 saturated carbocycles. The van der Waals surface area contributed by atoms with Gasteiger partial charge >= 0.3 is 5.97 Å². The van der Waals surface area contributed by atoms with Crippen LogP contribution in [0.4, 0.5) is 0 Å². The molecule has 0 aliphatic carbocycles. The zero-order valence-electron chi connectivity index (χ0n) is 5.76. The van der Waals surface area contributed by atoms with Crippen molar-refractivity contribution in [3.05, 3.63) is 0 Å². The number of thiol groups is 1. The van der Waals surface area contributed by atoms with Crippen LogP contribution in [-0.2, 0) is 9.53 Å². The van der Waals surface area contributed by atoms with E-state index in [0.717, 1.165) is 6.42 Å². The van der Waals surface area contributed by atoms with Gasteiger partial charge in [-0.15, -0.1) is 0 Å². The van der Waals surface area contributed by atoms with E-state index in [-0.39, 0.29) is 12.1 Å². The molecule has 0 bridgehead atoms. The van der Waals surface area contributed by atoms with E-state index in [4.69, 9.17) is 4.74 Å². The predicted octanol–water partition coefficient (Wildman–Crippen LogP) is 1.26. The molecule has 1 unspecified atom stereocenters. The smallest absolute Gasteiger partial charge is 0.302 e. The van der Waals surface area contributed by atoms with Gasteiger partial charge in [0.2, 0.25) is 0 Å². The van der Waals surface area contributed by atoms with Gasteiger partial charge in [0.05, 0.1) is 0 Å². The first-order chi connectivity index (χ1) is 4.20. The zero-order chi connectivity index (χ0) is 7.28. The molecule has 0 radical (unpaired) electrons. The van der Waals surface area contributed by atoms with E-state index in [1.807, 2.05) is 6.92 Å². The van der Waals surface area contributed by atoms with E-state index < -0.39 is 0 Å². The molecular weight excluding hydrogens is 136 g/mol. The van der Waals surface area contributed by atoms with E-state index in [2.05, 4.69) is 12.6 Å². The first-order valence-electron chi connectivity index (χ1n) is 2.98. The van der Waals surface area contributed by atoms with Crippen LogP contribution in [-0.4, -0.2) is 17.8 Å². The van der Waals surface area contributed by atoms with Crippen molar-refractivity contribution in [1.82, 2.24) is 0 Å². The summed E-state index contributed by atoms with van der Waals surface area (Å²) in [5.41, 5.74) is 0. The van der Waals surface area contributed by atoms with Gasteiger partial charge in [0.25, 0.3) is 0 Å². The van der Waals surface area contributed by atoms with Gasteiger partial charge in [0, 0.05) is 12.7 Å². The summed E-state index contributed by atoms with van der Waals surface area (Å²) >= 11 is 3.99. The van der Waals surface area contributed by atoms with Gasteiger partial charge in [0.15, 0.2) is 0 Å². The Kier molecular flexibility index (Phi) is 4.58. The number of carbonyl (C=O) groups excluding carboxylic acids is 1. The van der Waals surface area contributed by atoms with Gasteiger partial charge in [-0.1, -0.05) is 6.92 Å². The Bertz CT molecular complexity index is 89.1. The summed E-state index contributed by atoms with van der Waals surface area (Å²) in [5, 5.41) is 0. The number of carbonyl (C=O) groups is 1. The lowest BCUT2D eigenvalue weighted by molar-refractivity contribution is -0.145. The lowest BCUT2D eigenvalue weighted by Gasteiger charge is -2.10. The van der Waals surface area contributed by atoms with Crippen molar-refractivity contribution in [3.8, 4) is 0 Å². The fourth-order valence-corrected chi connectivity index (χ4v) is 0.817. The molecule has 0 N–H and O–H groups in total. The molecule has 9 heavy (non-hydrogen) atoms. The second-order valence-corrected chi connectivity index (χ2v) is 2.19. The molecule has 2 nitrogen and oxygen atoms in total. The van der Waals surface area contributed by atoms with Crippen molar-refractivity contribution >= 4 is 18.6 Å². The Hall–Kier alpha value is -0.180. The summed E-state index contributed by atoms with van der Waals surface area (Å²) in [7, 11) is 0. The molecule has 1 atom stereocenters. The minimum Gasteiger partial charge on any atom is -0.462 e. The van der Waals surface area contributed by atoms with Crippen LogP contribution in [0.2, 0.25) is 0 Å². The monoisotopic (exact) mass is 148 g/mol. The molecule has 0 aromatic carbocycles. The number of ether oxygens (including phenoxy) is 1. The second kappa shape index (κ2) is 4.68. The van der Waals surface area contributed by atoms with Crippen LogP contribution in [0.1, 0.15) is 20.3 Å². The third-order valence-corrected chi connectivity index (χ3v) is 1.40. The Labute approximate surface area is 61.0 Å². The number of rotatable bonds is 3. The molecule has 0 saturated heterocycles. The lowest BCUT2D eigenvalue weighted by atomic mass is 10.3. The molecule has 0 amide bonds. The maximum Gasteiger partial charge on any atom is 0.302 e. The van der Waals surface area contributed by atoms with Gasteiger partial charge < -0.3 is 4.74 Å². The normalized spacial score (nSPS) is 12.8. The van der Waals surface area contributed by atoms with Gasteiger partial charge in [-0.3, -0.25) is 4.79 Å². The predicted molar refractivity (Wildman–Crippen MR) is 39.7 cm³/mol. The molecule has 0 spiro atoms. The lowest BCUT2D eigenvalue weighted by Crippen LogP contribution is -2.16. The fraction of sp³-hybridized carbons (Fsp3) is 0.833. The fourth-order valence-electron chi connectivity index (χ4n) is 0.484. The van der Waals surface area contributed by atoms with Gasteiger partial charge in [-0.05, 0) is 6.42 Å². The summed E-state index contributed by atoms with van der Waals surface area (Å²) < 4.78 is 4.83. The first kappa shape index (κ1) is 8.82. The highest BCUT2D eigenvalue weighted by Crippen LogP contribution is 1.99. The molecule has 0 fully saturated rings. The summed E-state index contributed by atoms with van der Waals surface area (Å²) in [6.45, 7) is 3.37. The van der Waals surface area contributed by atoms with Crippen LogP contribution in [0.15, 0.2) is 0 Å². The van der Waals surface area contributed by atoms with Crippen molar-refractivity contribution in [2.75, 3.05) is 5.75 Å². The SMILES string of the molecule is CCC(CS)OC(C)=O. The molecule has 0 aliphatic rings. The molecule has 0 rings (SSSR count). The molecule has 0 aromatic rings. The van der Waals surface area contributed by atoms with Crippen LogP contribution in [0.25, 0.3) is 0 Å². The Balaban J connectivity index is 3.43. The van der Waals surface area contributed by atoms with E-state index in [1.54, 1.807) is 0 Å². The van der Waals surface area contributed by atoms with Crippen molar-refractivity contribution in [2.45, 2.75) is 26.4 Å². The van der Waals surface area contributed by atoms with Gasteiger partial charge in [-0.2, -0.15) is 12.6 Å². The number of hydrogen-bond donors (Lipinski definition) is 1. The summed E-state index contributed by atoms with van der Waals surface area (Å²) in [4.78, 5) is 10.3. The molecule has 0 heterocycles. The minimum atomic E-state index is -0.226. The van der Waals surface area contributed by atoms with Crippen molar-refractivity contribution in [3.63, 3.8) is 0 Å². The van der Waals surface area contributed by atoms with Crippen molar-refractivity contribution in [2.24, 2.45) is 0 Å². The van der Waals surface area contributed by atoms with Crippen molar-refractivity contribution < 1.29 is 9.53 Å². The number of hydrogen-bond acceptors (Lipinski definition) is 3. The van der Waals surface area contributed by atoms with Gasteiger partial charge in [-0.25, -0.2) is 0 Å². The Morgan fingerprint density at radius 2 is 2.33 bits per heavy atom. The third kappa shape index (κ3) is 4.33. The quantitative estimate of drug-likeness (QED) is 0.481. The Morgan fingerprint density at radius 1 is 1.78 bits per heavy atom. The van der Waals surface area contributed by atoms with E-state index in [1.165, 1.54) is 6.92 Å². The van der Waals surface area contributed by atoms with Gasteiger partial charge in [0.1, 0.15) is 6.10 Å². The van der Waals surface area contributed by atoms with E-state index in [0.29, 0.717) is 5.75 Å². The van der Waals surface area contributed by atoms with Crippen LogP contribution in [0.3, 0.4) is 0 Å². The zero-order valence-corrected chi connectivity index (χ0v) is 6.65. The average molecular weight is 148 g/mol. The molecule has 0 aliphatic heterocycles. The van der Waals surface area contributed by atoms with Crippen LogP contribution < -0.4 is 0 Å². The summed E-state index contributed by atoms with van der Waals surface area (Å²) in [6, 6.07) is 0. The molecular formula is C6H12O2S. The topological polar surface area (TPSA) is 26.3 Å². The minimum absolute atomic E-state index is 0.00849. The number of esters is 1. The van der Waals surface area contributed by atoms with Crippen LogP contribution >= 0.6 is 12.6 Å². The van der Waals surface area contributed by atoms with E-state index in [9.17, 15) is 4.79 Å². The van der Waals surface area contributed by atoms with E-state index >= 15 is 0 Å². The first-order valence-corrected chi connectivity index (χ1v) is 3.62. The largest absolute Gasteiger partial charge is 0.462 e. The molecule has 3 heteroatoms. The highest BCUT2D eigenvalue weighted by atomic mass is 32.1. The summed E-state index contributed by atoms with van der Waals surface area (Å²) in [5.74, 6) is 0.381. The maximum atomic E-state index is 10.3.